The van der Waals surface area contributed by atoms with Crippen molar-refractivity contribution >= 4 is 17.9 Å². The first-order valence-corrected chi connectivity index (χ1v) is 32.3. The second-order valence-electron chi connectivity index (χ2n) is 21.7. The fourth-order valence-electron chi connectivity index (χ4n) is 9.47. The van der Waals surface area contributed by atoms with Gasteiger partial charge in [0.15, 0.2) is 6.10 Å². The molecular formula is C68H122O6. The number of rotatable bonds is 59. The highest BCUT2D eigenvalue weighted by Crippen LogP contribution is 2.17. The lowest BCUT2D eigenvalue weighted by atomic mass is 10.0. The van der Waals surface area contributed by atoms with Crippen LogP contribution in [-0.2, 0) is 28.6 Å². The van der Waals surface area contributed by atoms with Gasteiger partial charge < -0.3 is 14.2 Å². The molecule has 6 heteroatoms. The molecule has 0 spiro atoms. The predicted octanol–water partition coefficient (Wildman–Crippen LogP) is 21.9. The van der Waals surface area contributed by atoms with E-state index in [-0.39, 0.29) is 31.1 Å². The van der Waals surface area contributed by atoms with Crippen LogP contribution >= 0.6 is 0 Å². The van der Waals surface area contributed by atoms with Crippen molar-refractivity contribution in [2.45, 2.75) is 341 Å². The van der Waals surface area contributed by atoms with E-state index in [0.717, 1.165) is 89.9 Å². The van der Waals surface area contributed by atoms with Gasteiger partial charge in [-0.2, -0.15) is 0 Å². The molecule has 0 aliphatic carbocycles. The molecule has 0 fully saturated rings. The summed E-state index contributed by atoms with van der Waals surface area (Å²) >= 11 is 0. The van der Waals surface area contributed by atoms with Gasteiger partial charge in [0.05, 0.1) is 0 Å². The number of allylic oxidation sites excluding steroid dienone is 10. The van der Waals surface area contributed by atoms with Gasteiger partial charge in [-0.1, -0.05) is 313 Å². The topological polar surface area (TPSA) is 78.9 Å². The number of esters is 3. The third kappa shape index (κ3) is 60.0. The van der Waals surface area contributed by atoms with E-state index in [0.29, 0.717) is 19.3 Å². The van der Waals surface area contributed by atoms with Gasteiger partial charge in [0.25, 0.3) is 0 Å². The minimum absolute atomic E-state index is 0.0674. The Hall–Kier alpha value is -2.89. The van der Waals surface area contributed by atoms with Crippen LogP contribution in [0.2, 0.25) is 0 Å². The third-order valence-electron chi connectivity index (χ3n) is 14.3. The van der Waals surface area contributed by atoms with Crippen LogP contribution in [0.5, 0.6) is 0 Å². The van der Waals surface area contributed by atoms with E-state index in [4.69, 9.17) is 14.2 Å². The highest BCUT2D eigenvalue weighted by atomic mass is 16.6. The Morgan fingerprint density at radius 1 is 0.284 bits per heavy atom. The average Bonchev–Trinajstić information content (AvgIpc) is 3.40. The summed E-state index contributed by atoms with van der Waals surface area (Å²) in [6.07, 6.45) is 79.7. The minimum atomic E-state index is -0.766. The van der Waals surface area contributed by atoms with Gasteiger partial charge in [-0.15, -0.1) is 0 Å². The predicted molar refractivity (Wildman–Crippen MR) is 321 cm³/mol. The molecule has 0 N–H and O–H groups in total. The molecule has 0 radical (unpaired) electrons. The SMILES string of the molecule is CC/C=C\C/C=C\C/C=C\C/C=C\C/C=C\CCCCCCCCCCCCCCCCCCCC(=O)OCC(COC(=O)CCCCCCCCCC)OC(=O)CCCCCCCCCCCCCCCCC. The Morgan fingerprint density at radius 3 is 0.824 bits per heavy atom. The Morgan fingerprint density at radius 2 is 0.527 bits per heavy atom. The van der Waals surface area contributed by atoms with Crippen LogP contribution in [-0.4, -0.2) is 37.2 Å². The van der Waals surface area contributed by atoms with E-state index in [9.17, 15) is 14.4 Å². The molecule has 0 aliphatic rings. The zero-order valence-electron chi connectivity index (χ0n) is 49.4. The van der Waals surface area contributed by atoms with Gasteiger partial charge >= 0.3 is 17.9 Å². The lowest BCUT2D eigenvalue weighted by molar-refractivity contribution is -0.167. The van der Waals surface area contributed by atoms with Crippen LogP contribution in [0.4, 0.5) is 0 Å². The first-order valence-electron chi connectivity index (χ1n) is 32.3. The second-order valence-corrected chi connectivity index (χ2v) is 21.7. The van der Waals surface area contributed by atoms with Gasteiger partial charge in [-0.25, -0.2) is 0 Å². The van der Waals surface area contributed by atoms with Gasteiger partial charge in [-0.3, -0.25) is 14.4 Å². The lowest BCUT2D eigenvalue weighted by Gasteiger charge is -2.18. The van der Waals surface area contributed by atoms with E-state index in [2.05, 4.69) is 81.5 Å². The Bertz CT molecular complexity index is 1330. The largest absolute Gasteiger partial charge is 0.462 e. The van der Waals surface area contributed by atoms with Crippen molar-refractivity contribution in [1.29, 1.82) is 0 Å². The van der Waals surface area contributed by atoms with Crippen molar-refractivity contribution in [1.82, 2.24) is 0 Å². The minimum Gasteiger partial charge on any atom is -0.462 e. The zero-order chi connectivity index (χ0) is 53.6. The van der Waals surface area contributed by atoms with Crippen LogP contribution in [0.15, 0.2) is 60.8 Å². The molecule has 0 aromatic carbocycles. The second kappa shape index (κ2) is 62.6. The number of hydrogen-bond donors (Lipinski definition) is 0. The smallest absolute Gasteiger partial charge is 0.306 e. The van der Waals surface area contributed by atoms with Crippen molar-refractivity contribution in [2.75, 3.05) is 13.2 Å². The average molecular weight is 1040 g/mol. The molecule has 0 heterocycles. The van der Waals surface area contributed by atoms with Gasteiger partial charge in [0, 0.05) is 19.3 Å². The molecule has 0 saturated heterocycles. The van der Waals surface area contributed by atoms with Crippen molar-refractivity contribution < 1.29 is 28.6 Å². The number of carbonyl (C=O) groups is 3. The molecule has 6 nitrogen and oxygen atoms in total. The highest BCUT2D eigenvalue weighted by Gasteiger charge is 2.19. The van der Waals surface area contributed by atoms with Crippen molar-refractivity contribution in [3.05, 3.63) is 60.8 Å². The summed E-state index contributed by atoms with van der Waals surface area (Å²) in [4.78, 5) is 38.1. The molecule has 0 bridgehead atoms. The van der Waals surface area contributed by atoms with Crippen LogP contribution in [0, 0.1) is 0 Å². The van der Waals surface area contributed by atoms with Crippen molar-refractivity contribution in [2.24, 2.45) is 0 Å². The van der Waals surface area contributed by atoms with E-state index in [1.807, 2.05) is 0 Å². The fraction of sp³-hybridized carbons (Fsp3) is 0.809. The standard InChI is InChI=1S/C68H122O6/c1-4-7-10-13-16-19-21-23-25-26-27-28-29-30-31-32-33-34-35-36-37-38-39-40-41-42-44-45-47-49-52-55-58-61-67(70)73-64-65(63-72-66(69)60-57-54-51-18-15-12-9-6-3)74-68(71)62-59-56-53-50-48-46-43-24-22-20-17-14-11-8-5-2/h7,10,16,19,23,25,27-28,30-31,65H,4-6,8-9,11-15,17-18,20-22,24,26,29,32-64H2,1-3H3/b10-7-,19-16-,25-23-,28-27-,31-30-. The molecule has 0 amide bonds. The van der Waals surface area contributed by atoms with E-state index < -0.39 is 6.10 Å². The molecule has 1 unspecified atom stereocenters. The first-order chi connectivity index (χ1) is 36.5. The fourth-order valence-corrected chi connectivity index (χ4v) is 9.47. The van der Waals surface area contributed by atoms with Crippen LogP contribution in [0.3, 0.4) is 0 Å². The molecule has 1 atom stereocenters. The van der Waals surface area contributed by atoms with E-state index >= 15 is 0 Å². The molecule has 74 heavy (non-hydrogen) atoms. The van der Waals surface area contributed by atoms with Gasteiger partial charge in [-0.05, 0) is 64.2 Å². The first kappa shape index (κ1) is 71.1. The maximum Gasteiger partial charge on any atom is 0.306 e. The van der Waals surface area contributed by atoms with Gasteiger partial charge in [0.2, 0.25) is 0 Å². The maximum absolute atomic E-state index is 12.8. The van der Waals surface area contributed by atoms with E-state index in [1.165, 1.54) is 205 Å². The van der Waals surface area contributed by atoms with Crippen molar-refractivity contribution in [3.63, 3.8) is 0 Å². The molecule has 0 rings (SSSR count). The summed E-state index contributed by atoms with van der Waals surface area (Å²) in [5.74, 6) is -0.852. The number of carbonyl (C=O) groups excluding carboxylic acids is 3. The molecule has 0 aromatic heterocycles. The number of hydrogen-bond acceptors (Lipinski definition) is 6. The Labute approximate surface area is 460 Å². The monoisotopic (exact) mass is 1030 g/mol. The molecule has 0 aromatic rings. The molecule has 430 valence electrons. The van der Waals surface area contributed by atoms with Crippen LogP contribution in [0.25, 0.3) is 0 Å². The van der Waals surface area contributed by atoms with Gasteiger partial charge in [0.1, 0.15) is 13.2 Å². The molecule has 0 saturated carbocycles. The lowest BCUT2D eigenvalue weighted by Crippen LogP contribution is -2.30. The van der Waals surface area contributed by atoms with Crippen molar-refractivity contribution in [3.8, 4) is 0 Å². The zero-order valence-corrected chi connectivity index (χ0v) is 49.4. The summed E-state index contributed by atoms with van der Waals surface area (Å²) in [6.45, 7) is 6.54. The number of unbranched alkanes of at least 4 members (excludes halogenated alkanes) is 38. The summed E-state index contributed by atoms with van der Waals surface area (Å²) < 4.78 is 16.9. The summed E-state index contributed by atoms with van der Waals surface area (Å²) in [6, 6.07) is 0. The maximum atomic E-state index is 12.8. The normalized spacial score (nSPS) is 12.4. The summed E-state index contributed by atoms with van der Waals surface area (Å²) in [7, 11) is 0. The third-order valence-corrected chi connectivity index (χ3v) is 14.3. The van der Waals surface area contributed by atoms with E-state index in [1.54, 1.807) is 0 Å². The quantitative estimate of drug-likeness (QED) is 0.0261. The Kier molecular flexibility index (Phi) is 60.2. The van der Waals surface area contributed by atoms with Crippen LogP contribution in [0.1, 0.15) is 335 Å². The highest BCUT2D eigenvalue weighted by molar-refractivity contribution is 5.71. The molecule has 0 aliphatic heterocycles. The molecular weight excluding hydrogens is 913 g/mol. The summed E-state index contributed by atoms with van der Waals surface area (Å²) in [5, 5.41) is 0. The number of ether oxygens (including phenoxy) is 3. The summed E-state index contributed by atoms with van der Waals surface area (Å²) in [5.41, 5.74) is 0. The Balaban J connectivity index is 4.01. The van der Waals surface area contributed by atoms with Crippen LogP contribution < -0.4 is 0 Å².